The first-order valence-electron chi connectivity index (χ1n) is 10.6. The summed E-state index contributed by atoms with van der Waals surface area (Å²) in [6.45, 7) is 11.1. The Bertz CT molecular complexity index is 1000. The topological polar surface area (TPSA) is 71.2 Å². The second-order valence-corrected chi connectivity index (χ2v) is 9.78. The predicted octanol–water partition coefficient (Wildman–Crippen LogP) is 3.64. The number of hydrogen-bond acceptors (Lipinski definition) is 8. The summed E-state index contributed by atoms with van der Waals surface area (Å²) in [5.74, 6) is 3.70. The molecule has 0 amide bonds. The Kier molecular flexibility index (Phi) is 4.99. The number of thiophene rings is 1. The van der Waals surface area contributed by atoms with Gasteiger partial charge in [0.2, 0.25) is 5.89 Å². The van der Waals surface area contributed by atoms with E-state index in [-0.39, 0.29) is 0 Å². The van der Waals surface area contributed by atoms with Crippen molar-refractivity contribution in [1.82, 2.24) is 25.0 Å². The monoisotopic (exact) mass is 412 g/mol. The van der Waals surface area contributed by atoms with Gasteiger partial charge >= 0.3 is 0 Å². The molecule has 7 nitrogen and oxygen atoms in total. The van der Waals surface area contributed by atoms with Crippen LogP contribution in [0.4, 0.5) is 5.82 Å². The average molecular weight is 413 g/mol. The predicted molar refractivity (Wildman–Crippen MR) is 114 cm³/mol. The van der Waals surface area contributed by atoms with Gasteiger partial charge in [0, 0.05) is 37.0 Å². The molecule has 3 aromatic rings. The number of nitrogens with zero attached hydrogens (tertiary/aromatic N) is 6. The molecule has 2 aliphatic rings. The molecule has 1 unspecified atom stereocenters. The molecule has 0 bridgehead atoms. The van der Waals surface area contributed by atoms with Crippen molar-refractivity contribution in [3.05, 3.63) is 28.5 Å². The molecule has 3 aromatic heterocycles. The molecule has 29 heavy (non-hydrogen) atoms. The van der Waals surface area contributed by atoms with Gasteiger partial charge in [0.25, 0.3) is 0 Å². The SMILES string of the molecule is CC1CCc2c(sc3ncnc(N4CCN(Cc5nc(C(C)C)no5)CC4)c23)C1. The third kappa shape index (κ3) is 3.64. The van der Waals surface area contributed by atoms with Crippen molar-refractivity contribution in [2.75, 3.05) is 31.1 Å². The van der Waals surface area contributed by atoms with Crippen LogP contribution in [0.25, 0.3) is 10.2 Å². The van der Waals surface area contributed by atoms with Crippen LogP contribution in [0.1, 0.15) is 55.3 Å². The van der Waals surface area contributed by atoms with Gasteiger partial charge < -0.3 is 9.42 Å². The molecule has 1 fully saturated rings. The summed E-state index contributed by atoms with van der Waals surface area (Å²) in [5, 5.41) is 5.39. The number of fused-ring (bicyclic) bond motifs is 3. The minimum Gasteiger partial charge on any atom is -0.353 e. The first kappa shape index (κ1) is 18.9. The lowest BCUT2D eigenvalue weighted by atomic mass is 9.89. The van der Waals surface area contributed by atoms with Gasteiger partial charge in [-0.2, -0.15) is 4.98 Å². The van der Waals surface area contributed by atoms with Crippen LogP contribution in [0, 0.1) is 5.92 Å². The van der Waals surface area contributed by atoms with Gasteiger partial charge in [-0.1, -0.05) is 25.9 Å². The molecule has 1 aliphatic heterocycles. The molecule has 1 aliphatic carbocycles. The van der Waals surface area contributed by atoms with Crippen LogP contribution in [-0.2, 0) is 19.4 Å². The molecule has 1 saturated heterocycles. The Morgan fingerprint density at radius 2 is 2.03 bits per heavy atom. The quantitative estimate of drug-likeness (QED) is 0.648. The van der Waals surface area contributed by atoms with Crippen LogP contribution in [0.3, 0.4) is 0 Å². The van der Waals surface area contributed by atoms with Gasteiger partial charge in [0.15, 0.2) is 5.82 Å². The molecule has 0 saturated carbocycles. The maximum Gasteiger partial charge on any atom is 0.240 e. The Labute approximate surface area is 175 Å². The summed E-state index contributed by atoms with van der Waals surface area (Å²) in [5.41, 5.74) is 1.51. The van der Waals surface area contributed by atoms with Crippen LogP contribution in [0.5, 0.6) is 0 Å². The number of aryl methyl sites for hydroxylation is 1. The normalized spacial score (nSPS) is 20.6. The highest BCUT2D eigenvalue weighted by molar-refractivity contribution is 7.19. The molecule has 4 heterocycles. The minimum atomic E-state index is 0.295. The van der Waals surface area contributed by atoms with E-state index < -0.39 is 0 Å². The van der Waals surface area contributed by atoms with Gasteiger partial charge in [-0.05, 0) is 30.7 Å². The maximum atomic E-state index is 5.42. The summed E-state index contributed by atoms with van der Waals surface area (Å²) in [6.07, 6.45) is 5.35. The second kappa shape index (κ2) is 7.65. The highest BCUT2D eigenvalue weighted by Crippen LogP contribution is 2.40. The molecule has 0 aromatic carbocycles. The van der Waals surface area contributed by atoms with Crippen molar-refractivity contribution >= 4 is 27.4 Å². The van der Waals surface area contributed by atoms with Crippen molar-refractivity contribution in [2.24, 2.45) is 5.92 Å². The summed E-state index contributed by atoms with van der Waals surface area (Å²) in [6, 6.07) is 0. The number of piperazine rings is 1. The van der Waals surface area contributed by atoms with Crippen LogP contribution in [0.2, 0.25) is 0 Å². The van der Waals surface area contributed by atoms with Gasteiger partial charge in [-0.15, -0.1) is 11.3 Å². The molecule has 154 valence electrons. The lowest BCUT2D eigenvalue weighted by Crippen LogP contribution is -2.46. The second-order valence-electron chi connectivity index (χ2n) is 8.69. The van der Waals surface area contributed by atoms with Crippen LogP contribution < -0.4 is 4.90 Å². The zero-order valence-corrected chi connectivity index (χ0v) is 18.2. The molecular weight excluding hydrogens is 384 g/mol. The summed E-state index contributed by atoms with van der Waals surface area (Å²) < 4.78 is 5.42. The molecule has 1 atom stereocenters. The highest BCUT2D eigenvalue weighted by Gasteiger charge is 2.27. The number of rotatable bonds is 4. The van der Waals surface area contributed by atoms with Crippen molar-refractivity contribution in [3.63, 3.8) is 0 Å². The van der Waals surface area contributed by atoms with Gasteiger partial charge in [-0.3, -0.25) is 4.90 Å². The Balaban J connectivity index is 1.31. The van der Waals surface area contributed by atoms with E-state index in [0.717, 1.165) is 61.5 Å². The number of hydrogen-bond donors (Lipinski definition) is 0. The summed E-state index contributed by atoms with van der Waals surface area (Å²) >= 11 is 1.87. The van der Waals surface area contributed by atoms with E-state index in [2.05, 4.69) is 45.7 Å². The number of aromatic nitrogens is 4. The van der Waals surface area contributed by atoms with E-state index in [1.807, 2.05) is 11.3 Å². The average Bonchev–Trinajstić information content (AvgIpc) is 3.32. The zero-order valence-electron chi connectivity index (χ0n) is 17.4. The van der Waals surface area contributed by atoms with E-state index in [0.29, 0.717) is 11.8 Å². The molecule has 0 radical (unpaired) electrons. The van der Waals surface area contributed by atoms with Crippen molar-refractivity contribution in [3.8, 4) is 0 Å². The summed E-state index contributed by atoms with van der Waals surface area (Å²) in [4.78, 5) is 21.3. The Morgan fingerprint density at radius 1 is 1.21 bits per heavy atom. The van der Waals surface area contributed by atoms with Gasteiger partial charge in [-0.25, -0.2) is 9.97 Å². The van der Waals surface area contributed by atoms with E-state index >= 15 is 0 Å². The molecule has 5 rings (SSSR count). The van der Waals surface area contributed by atoms with Gasteiger partial charge in [0.05, 0.1) is 11.9 Å². The third-order valence-electron chi connectivity index (χ3n) is 6.10. The highest BCUT2D eigenvalue weighted by atomic mass is 32.1. The Morgan fingerprint density at radius 3 is 2.79 bits per heavy atom. The largest absolute Gasteiger partial charge is 0.353 e. The smallest absolute Gasteiger partial charge is 0.240 e. The molecular formula is C21H28N6OS. The summed E-state index contributed by atoms with van der Waals surface area (Å²) in [7, 11) is 0. The first-order chi connectivity index (χ1) is 14.1. The van der Waals surface area contributed by atoms with Crippen LogP contribution >= 0.6 is 11.3 Å². The van der Waals surface area contributed by atoms with Crippen molar-refractivity contribution in [1.29, 1.82) is 0 Å². The van der Waals surface area contributed by atoms with E-state index in [1.54, 1.807) is 6.33 Å². The number of anilines is 1. The van der Waals surface area contributed by atoms with E-state index in [1.165, 1.54) is 28.7 Å². The first-order valence-corrected chi connectivity index (χ1v) is 11.4. The molecule has 0 N–H and O–H groups in total. The van der Waals surface area contributed by atoms with Crippen LogP contribution in [0.15, 0.2) is 10.9 Å². The van der Waals surface area contributed by atoms with Crippen molar-refractivity contribution in [2.45, 2.75) is 52.5 Å². The Hall–Kier alpha value is -2.06. The third-order valence-corrected chi connectivity index (χ3v) is 7.26. The van der Waals surface area contributed by atoms with E-state index in [9.17, 15) is 0 Å². The lowest BCUT2D eigenvalue weighted by molar-refractivity contribution is 0.215. The molecule has 8 heteroatoms. The lowest BCUT2D eigenvalue weighted by Gasteiger charge is -2.35. The maximum absolute atomic E-state index is 5.42. The fourth-order valence-corrected chi connectivity index (χ4v) is 5.72. The van der Waals surface area contributed by atoms with E-state index in [4.69, 9.17) is 9.51 Å². The van der Waals surface area contributed by atoms with Crippen LogP contribution in [-0.4, -0.2) is 51.2 Å². The van der Waals surface area contributed by atoms with Crippen molar-refractivity contribution < 1.29 is 4.52 Å². The fraction of sp³-hybridized carbons (Fsp3) is 0.619. The zero-order chi connectivity index (χ0) is 20.0. The minimum absolute atomic E-state index is 0.295. The fourth-order valence-electron chi connectivity index (χ4n) is 4.37. The molecule has 0 spiro atoms. The standard InChI is InChI=1S/C21H28N6OS/c1-13(2)19-24-17(28-25-19)11-26-6-8-27(9-7-26)20-18-15-5-4-14(3)10-16(15)29-21(18)23-12-22-20/h12-14H,4-11H2,1-3H3. The van der Waals surface area contributed by atoms with Gasteiger partial charge in [0.1, 0.15) is 17.0 Å².